The number of aryl methyl sites for hydroxylation is 2. The second-order valence-electron chi connectivity index (χ2n) is 10.3. The Morgan fingerprint density at radius 1 is 1.05 bits per heavy atom. The number of nitro benzene ring substituents is 1. The van der Waals surface area contributed by atoms with Crippen molar-refractivity contribution in [3.05, 3.63) is 142 Å². The normalized spacial score (nSPS) is 16.0. The van der Waals surface area contributed by atoms with E-state index in [1.165, 1.54) is 23.0 Å². The second-order valence-corrected chi connectivity index (χ2v) is 11.3. The number of hydrogen-bond acceptors (Lipinski definition) is 7. The standard InChI is InChI=1S/C33H25N3O5S/c1-19-11-14-23(26(17-19)36(38)39)28-16-13-21(41-28)18-29-32(37)35-31(24-9-5-6-10-27(24)40-2)25-15-12-20-7-3-4-8-22(20)30(25)34-33(35)42-29/h3-11,13-14,16-18,31H,12,15H2,1-2H3/b29-18+/t31-/m0/s1. The summed E-state index contributed by atoms with van der Waals surface area (Å²) >= 11 is 1.30. The fraction of sp³-hybridized carbons (Fsp3) is 0.152. The molecule has 0 unspecified atom stereocenters. The molecule has 2 aliphatic rings. The first kappa shape index (κ1) is 25.9. The first-order valence-corrected chi connectivity index (χ1v) is 14.4. The minimum atomic E-state index is -0.416. The predicted octanol–water partition coefficient (Wildman–Crippen LogP) is 5.80. The van der Waals surface area contributed by atoms with Gasteiger partial charge in [0.2, 0.25) is 0 Å². The average Bonchev–Trinajstić information content (AvgIpc) is 3.60. The largest absolute Gasteiger partial charge is 0.496 e. The molecule has 0 amide bonds. The van der Waals surface area contributed by atoms with Crippen molar-refractivity contribution in [2.75, 3.05) is 7.11 Å². The summed E-state index contributed by atoms with van der Waals surface area (Å²) in [6, 6.07) is 24.1. The van der Waals surface area contributed by atoms with Gasteiger partial charge in [0.15, 0.2) is 4.80 Å². The lowest BCUT2D eigenvalue weighted by molar-refractivity contribution is -0.384. The number of aromatic nitrogens is 1. The molecule has 0 saturated carbocycles. The molecule has 8 nitrogen and oxygen atoms in total. The molecule has 2 aromatic heterocycles. The number of thiazole rings is 1. The molecule has 1 atom stereocenters. The highest BCUT2D eigenvalue weighted by atomic mass is 32.1. The van der Waals surface area contributed by atoms with Crippen LogP contribution in [0.5, 0.6) is 5.75 Å². The SMILES string of the molecule is COc1ccccc1[C@H]1C2=C(N=c3s/c(=C/c4ccc(-c5ccc(C)cc5[N+](=O)[O-])o4)c(=O)n31)c1ccccc1CC2. The fourth-order valence-electron chi connectivity index (χ4n) is 5.90. The third kappa shape index (κ3) is 4.21. The van der Waals surface area contributed by atoms with Gasteiger partial charge in [-0.1, -0.05) is 59.9 Å². The summed E-state index contributed by atoms with van der Waals surface area (Å²) in [5, 5.41) is 11.7. The van der Waals surface area contributed by atoms with Crippen LogP contribution >= 0.6 is 11.3 Å². The number of furan rings is 1. The lowest BCUT2D eigenvalue weighted by atomic mass is 9.83. The van der Waals surface area contributed by atoms with Gasteiger partial charge >= 0.3 is 0 Å². The third-order valence-corrected chi connectivity index (χ3v) is 8.80. The van der Waals surface area contributed by atoms with Crippen LogP contribution in [0.4, 0.5) is 5.69 Å². The Morgan fingerprint density at radius 3 is 2.69 bits per heavy atom. The molecule has 3 aromatic carbocycles. The van der Waals surface area contributed by atoms with Crippen LogP contribution in [0.25, 0.3) is 23.1 Å². The highest BCUT2D eigenvalue weighted by Gasteiger charge is 2.34. The van der Waals surface area contributed by atoms with E-state index in [1.807, 2.05) is 36.4 Å². The molecular formula is C33H25N3O5S. The van der Waals surface area contributed by atoms with Crippen molar-refractivity contribution < 1.29 is 14.1 Å². The summed E-state index contributed by atoms with van der Waals surface area (Å²) in [4.78, 5) is 31.0. The van der Waals surface area contributed by atoms with Crippen LogP contribution in [-0.2, 0) is 6.42 Å². The van der Waals surface area contributed by atoms with Crippen molar-refractivity contribution in [3.8, 4) is 17.1 Å². The van der Waals surface area contributed by atoms with E-state index in [-0.39, 0.29) is 17.3 Å². The Balaban J connectivity index is 1.40. The summed E-state index contributed by atoms with van der Waals surface area (Å²) in [6.45, 7) is 1.80. The molecule has 0 radical (unpaired) electrons. The van der Waals surface area contributed by atoms with Gasteiger partial charge in [-0.2, -0.15) is 0 Å². The summed E-state index contributed by atoms with van der Waals surface area (Å²) in [5.74, 6) is 1.49. The first-order valence-electron chi connectivity index (χ1n) is 13.5. The van der Waals surface area contributed by atoms with E-state index in [4.69, 9.17) is 14.1 Å². The molecule has 1 aliphatic carbocycles. The molecule has 3 heterocycles. The van der Waals surface area contributed by atoms with Crippen molar-refractivity contribution >= 4 is 28.8 Å². The Hall–Kier alpha value is -5.02. The number of hydrogen-bond donors (Lipinski definition) is 0. The Kier molecular flexibility index (Phi) is 6.24. The summed E-state index contributed by atoms with van der Waals surface area (Å²) in [5.41, 5.74) is 6.19. The van der Waals surface area contributed by atoms with Gasteiger partial charge < -0.3 is 9.15 Å². The van der Waals surface area contributed by atoms with Crippen LogP contribution in [0.15, 0.2) is 98.6 Å². The molecule has 0 N–H and O–H groups in total. The number of rotatable bonds is 5. The Bertz CT molecular complexity index is 2120. The molecule has 7 rings (SSSR count). The number of benzene rings is 3. The van der Waals surface area contributed by atoms with Gasteiger partial charge in [0.25, 0.3) is 11.2 Å². The van der Waals surface area contributed by atoms with Crippen LogP contribution in [0.1, 0.15) is 40.5 Å². The van der Waals surface area contributed by atoms with E-state index in [0.29, 0.717) is 32.2 Å². The quantitative estimate of drug-likeness (QED) is 0.195. The van der Waals surface area contributed by atoms with Crippen LogP contribution in [-0.4, -0.2) is 16.6 Å². The van der Waals surface area contributed by atoms with Gasteiger partial charge in [-0.3, -0.25) is 19.5 Å². The van der Waals surface area contributed by atoms with Gasteiger partial charge in [-0.25, -0.2) is 4.99 Å². The van der Waals surface area contributed by atoms with Crippen molar-refractivity contribution in [2.45, 2.75) is 25.8 Å². The smallest absolute Gasteiger partial charge is 0.280 e. The van der Waals surface area contributed by atoms with Crippen LogP contribution < -0.4 is 19.6 Å². The monoisotopic (exact) mass is 575 g/mol. The van der Waals surface area contributed by atoms with Crippen molar-refractivity contribution in [1.29, 1.82) is 0 Å². The van der Waals surface area contributed by atoms with Crippen LogP contribution in [0.3, 0.4) is 0 Å². The zero-order valence-corrected chi connectivity index (χ0v) is 23.7. The average molecular weight is 576 g/mol. The molecule has 5 aromatic rings. The fourth-order valence-corrected chi connectivity index (χ4v) is 6.88. The van der Waals surface area contributed by atoms with Gasteiger partial charge in [0, 0.05) is 23.3 Å². The zero-order valence-electron chi connectivity index (χ0n) is 22.9. The molecule has 42 heavy (non-hydrogen) atoms. The topological polar surface area (TPSA) is 99.9 Å². The van der Waals surface area contributed by atoms with E-state index in [2.05, 4.69) is 12.1 Å². The molecule has 1 aliphatic heterocycles. The minimum absolute atomic E-state index is 0.0297. The summed E-state index contributed by atoms with van der Waals surface area (Å²) in [7, 11) is 1.64. The van der Waals surface area contributed by atoms with Crippen molar-refractivity contribution in [1.82, 2.24) is 4.57 Å². The van der Waals surface area contributed by atoms with E-state index >= 15 is 0 Å². The van der Waals surface area contributed by atoms with Crippen LogP contribution in [0, 0.1) is 17.0 Å². The maximum Gasteiger partial charge on any atom is 0.280 e. The molecule has 0 saturated heterocycles. The molecule has 0 spiro atoms. The van der Waals surface area contributed by atoms with E-state index in [0.717, 1.165) is 40.8 Å². The molecule has 208 valence electrons. The number of ether oxygens (including phenoxy) is 1. The number of nitro groups is 1. The summed E-state index contributed by atoms with van der Waals surface area (Å²) < 4.78 is 14.0. The third-order valence-electron chi connectivity index (χ3n) is 7.82. The highest BCUT2D eigenvalue weighted by Crippen LogP contribution is 2.43. The highest BCUT2D eigenvalue weighted by molar-refractivity contribution is 7.07. The first-order chi connectivity index (χ1) is 20.4. The van der Waals surface area contributed by atoms with E-state index < -0.39 is 4.92 Å². The van der Waals surface area contributed by atoms with Gasteiger partial charge in [-0.15, -0.1) is 0 Å². The molecule has 0 fully saturated rings. The minimum Gasteiger partial charge on any atom is -0.496 e. The Morgan fingerprint density at radius 2 is 1.86 bits per heavy atom. The van der Waals surface area contributed by atoms with Crippen LogP contribution in [0.2, 0.25) is 0 Å². The van der Waals surface area contributed by atoms with Gasteiger partial charge in [0.05, 0.1) is 33.9 Å². The Labute approximate surface area is 244 Å². The number of nitrogens with zero attached hydrogens (tertiary/aromatic N) is 3. The maximum absolute atomic E-state index is 14.1. The lowest BCUT2D eigenvalue weighted by Gasteiger charge is -2.31. The number of para-hydroxylation sites is 1. The van der Waals surface area contributed by atoms with Gasteiger partial charge in [0.1, 0.15) is 17.3 Å². The zero-order chi connectivity index (χ0) is 29.0. The van der Waals surface area contributed by atoms with Crippen molar-refractivity contribution in [3.63, 3.8) is 0 Å². The second kappa shape index (κ2) is 10.1. The van der Waals surface area contributed by atoms with Gasteiger partial charge in [-0.05, 0) is 60.7 Å². The molecule has 9 heteroatoms. The van der Waals surface area contributed by atoms with Crippen molar-refractivity contribution in [2.24, 2.45) is 4.99 Å². The molecular weight excluding hydrogens is 550 g/mol. The number of allylic oxidation sites excluding steroid dienone is 1. The predicted molar refractivity (Wildman–Crippen MR) is 161 cm³/mol. The van der Waals surface area contributed by atoms with E-state index in [1.54, 1.807) is 48.9 Å². The molecule has 0 bridgehead atoms. The maximum atomic E-state index is 14.1. The number of fused-ring (bicyclic) bond motifs is 3. The lowest BCUT2D eigenvalue weighted by Crippen LogP contribution is -2.38. The summed E-state index contributed by atoms with van der Waals surface area (Å²) in [6.07, 6.45) is 3.32. The van der Waals surface area contributed by atoms with E-state index in [9.17, 15) is 14.9 Å². The number of methoxy groups -OCH3 is 1.